The minimum atomic E-state index is -3.40. The molecule has 0 aliphatic heterocycles. The molecule has 3 aromatic carbocycles. The highest BCUT2D eigenvalue weighted by Gasteiger charge is 2.37. The average Bonchev–Trinajstić information content (AvgIpc) is 2.72. The van der Waals surface area contributed by atoms with E-state index in [4.69, 9.17) is 9.05 Å². The highest BCUT2D eigenvalue weighted by atomic mass is 31.2. The third-order valence-corrected chi connectivity index (χ3v) is 7.06. The molecule has 2 atom stereocenters. The molecule has 0 fully saturated rings. The van der Waals surface area contributed by atoms with Crippen LogP contribution in [0.15, 0.2) is 72.8 Å². The molecule has 1 N–H and O–H groups in total. The van der Waals surface area contributed by atoms with Crippen LogP contribution in [-0.4, -0.2) is 13.2 Å². The van der Waals surface area contributed by atoms with Gasteiger partial charge in [0.25, 0.3) is 0 Å². The Kier molecular flexibility index (Phi) is 7.03. The first kappa shape index (κ1) is 20.8. The molecule has 0 saturated heterocycles. The van der Waals surface area contributed by atoms with E-state index < -0.39 is 13.4 Å². The highest BCUT2D eigenvalue weighted by Crippen LogP contribution is 2.60. The lowest BCUT2D eigenvalue weighted by atomic mass is 9.99. The molecule has 148 valence electrons. The topological polar surface area (TPSA) is 47.6 Å². The third kappa shape index (κ3) is 4.53. The smallest absolute Gasteiger partial charge is 0.308 e. The molecule has 3 aromatic rings. The summed E-state index contributed by atoms with van der Waals surface area (Å²) in [6.07, 6.45) is 0. The molecule has 3 rings (SSSR count). The van der Waals surface area contributed by atoms with E-state index in [1.807, 2.05) is 56.3 Å². The molecular weight excluding hydrogens is 369 g/mol. The van der Waals surface area contributed by atoms with Crippen LogP contribution in [0.5, 0.6) is 0 Å². The molecule has 5 heteroatoms. The fourth-order valence-corrected chi connectivity index (χ4v) is 5.54. The zero-order valence-corrected chi connectivity index (χ0v) is 17.6. The summed E-state index contributed by atoms with van der Waals surface area (Å²) in [5.41, 5.74) is 2.04. The van der Waals surface area contributed by atoms with Gasteiger partial charge < -0.3 is 9.05 Å². The summed E-state index contributed by atoms with van der Waals surface area (Å²) in [5.74, 6) is -0.553. The van der Waals surface area contributed by atoms with Crippen LogP contribution in [0.25, 0.3) is 10.8 Å². The number of benzene rings is 3. The van der Waals surface area contributed by atoms with Gasteiger partial charge in [-0.25, -0.2) is 0 Å². The van der Waals surface area contributed by atoms with Crippen LogP contribution in [0.2, 0.25) is 0 Å². The van der Waals surface area contributed by atoms with E-state index in [0.29, 0.717) is 13.2 Å². The van der Waals surface area contributed by atoms with Gasteiger partial charge in [0.2, 0.25) is 0 Å². The van der Waals surface area contributed by atoms with Crippen molar-refractivity contribution in [3.8, 4) is 0 Å². The van der Waals surface area contributed by atoms with Crippen molar-refractivity contribution < 1.29 is 13.6 Å². The van der Waals surface area contributed by atoms with Gasteiger partial charge in [-0.1, -0.05) is 72.8 Å². The van der Waals surface area contributed by atoms with E-state index in [1.165, 1.54) is 10.8 Å². The average molecular weight is 397 g/mol. The van der Waals surface area contributed by atoms with E-state index in [1.54, 1.807) is 0 Å². The van der Waals surface area contributed by atoms with Gasteiger partial charge in [-0.2, -0.15) is 0 Å². The van der Waals surface area contributed by atoms with Gasteiger partial charge in [0.1, 0.15) is 5.78 Å². The molecule has 0 aliphatic rings. The van der Waals surface area contributed by atoms with Gasteiger partial charge in [-0.15, -0.1) is 0 Å². The summed E-state index contributed by atoms with van der Waals surface area (Å²) < 4.78 is 25.0. The quantitative estimate of drug-likeness (QED) is 0.421. The van der Waals surface area contributed by atoms with E-state index in [-0.39, 0.29) is 6.04 Å². The van der Waals surface area contributed by atoms with Crippen LogP contribution in [0.3, 0.4) is 0 Å². The number of hydrogen-bond donors (Lipinski definition) is 1. The maximum absolute atomic E-state index is 13.6. The summed E-state index contributed by atoms with van der Waals surface area (Å²) in [4.78, 5) is 0. The zero-order chi connectivity index (χ0) is 20.0. The van der Waals surface area contributed by atoms with Crippen molar-refractivity contribution in [1.29, 1.82) is 0 Å². The Morgan fingerprint density at radius 3 is 2.14 bits per heavy atom. The normalized spacial score (nSPS) is 14.1. The number of rotatable bonds is 9. The SMILES string of the molecule is CCOP(=O)(OCC)C(N[C@H](C)c1cccc2ccccc12)c1ccccc1. The molecule has 1 unspecified atom stereocenters. The Morgan fingerprint density at radius 1 is 0.857 bits per heavy atom. The number of hydrogen-bond acceptors (Lipinski definition) is 4. The molecule has 0 aliphatic carbocycles. The standard InChI is InChI=1S/C23H28NO3P/c1-4-26-28(25,27-5-2)23(20-13-7-6-8-14-20)24-18(3)21-17-11-15-19-12-9-10-16-22(19)21/h6-18,23-24H,4-5H2,1-3H3/t18-,23?/m1/s1. The number of fused-ring (bicyclic) bond motifs is 1. The molecule has 0 saturated carbocycles. The summed E-state index contributed by atoms with van der Waals surface area (Å²) in [6.45, 7) is 6.40. The molecule has 28 heavy (non-hydrogen) atoms. The minimum Gasteiger partial charge on any atom is -0.308 e. The highest BCUT2D eigenvalue weighted by molar-refractivity contribution is 7.54. The molecule has 4 nitrogen and oxygen atoms in total. The summed E-state index contributed by atoms with van der Waals surface area (Å²) >= 11 is 0. The second kappa shape index (κ2) is 9.49. The maximum Gasteiger partial charge on any atom is 0.351 e. The van der Waals surface area contributed by atoms with Crippen LogP contribution in [0.4, 0.5) is 0 Å². The van der Waals surface area contributed by atoms with Crippen molar-refractivity contribution in [2.75, 3.05) is 13.2 Å². The van der Waals surface area contributed by atoms with Gasteiger partial charge in [0.05, 0.1) is 13.2 Å². The molecule has 0 amide bonds. The summed E-state index contributed by atoms with van der Waals surface area (Å²) in [5, 5.41) is 5.90. The van der Waals surface area contributed by atoms with Gasteiger partial charge >= 0.3 is 7.60 Å². The minimum absolute atomic E-state index is 0.0504. The Morgan fingerprint density at radius 2 is 1.46 bits per heavy atom. The lowest BCUT2D eigenvalue weighted by Gasteiger charge is -2.30. The Labute approximate surface area is 167 Å². The predicted molar refractivity (Wildman–Crippen MR) is 116 cm³/mol. The van der Waals surface area contributed by atoms with Crippen LogP contribution in [0, 0.1) is 0 Å². The van der Waals surface area contributed by atoms with Crippen molar-refractivity contribution in [3.63, 3.8) is 0 Å². The van der Waals surface area contributed by atoms with E-state index in [9.17, 15) is 4.57 Å². The van der Waals surface area contributed by atoms with Gasteiger partial charge in [0, 0.05) is 6.04 Å². The fraction of sp³-hybridized carbons (Fsp3) is 0.304. The first-order valence-corrected chi connectivity index (χ1v) is 11.4. The zero-order valence-electron chi connectivity index (χ0n) is 16.7. The third-order valence-electron chi connectivity index (χ3n) is 4.75. The largest absolute Gasteiger partial charge is 0.351 e. The van der Waals surface area contributed by atoms with E-state index in [2.05, 4.69) is 42.6 Å². The summed E-state index contributed by atoms with van der Waals surface area (Å²) in [6, 6.07) is 24.2. The van der Waals surface area contributed by atoms with Crippen molar-refractivity contribution in [2.24, 2.45) is 0 Å². The maximum atomic E-state index is 13.6. The molecular formula is C23H28NO3P. The summed E-state index contributed by atoms with van der Waals surface area (Å²) in [7, 11) is -3.40. The van der Waals surface area contributed by atoms with Gasteiger partial charge in [0.15, 0.2) is 0 Å². The lowest BCUT2D eigenvalue weighted by Crippen LogP contribution is -2.26. The number of nitrogens with one attached hydrogen (secondary N) is 1. The molecule has 0 bridgehead atoms. The predicted octanol–water partition coefficient (Wildman–Crippen LogP) is 6.46. The van der Waals surface area contributed by atoms with E-state index >= 15 is 0 Å². The molecule has 0 spiro atoms. The Bertz CT molecular complexity index is 929. The van der Waals surface area contributed by atoms with Crippen molar-refractivity contribution in [1.82, 2.24) is 5.32 Å². The fourth-order valence-electron chi connectivity index (χ4n) is 3.51. The first-order chi connectivity index (χ1) is 13.6. The second-order valence-electron chi connectivity index (χ2n) is 6.65. The van der Waals surface area contributed by atoms with Crippen LogP contribution >= 0.6 is 7.60 Å². The molecule has 0 heterocycles. The van der Waals surface area contributed by atoms with Crippen molar-refractivity contribution in [3.05, 3.63) is 83.9 Å². The van der Waals surface area contributed by atoms with Gasteiger partial charge in [-0.3, -0.25) is 9.88 Å². The Hall–Kier alpha value is -1.97. The monoisotopic (exact) mass is 397 g/mol. The van der Waals surface area contributed by atoms with Crippen LogP contribution in [0.1, 0.15) is 43.7 Å². The molecule has 0 radical (unpaired) electrons. The van der Waals surface area contributed by atoms with Gasteiger partial charge in [-0.05, 0) is 42.7 Å². The van der Waals surface area contributed by atoms with Crippen LogP contribution < -0.4 is 5.32 Å². The van der Waals surface area contributed by atoms with Crippen LogP contribution in [-0.2, 0) is 13.6 Å². The Balaban J connectivity index is 2.00. The van der Waals surface area contributed by atoms with E-state index in [0.717, 1.165) is 11.1 Å². The molecule has 0 aromatic heterocycles. The second-order valence-corrected chi connectivity index (χ2v) is 8.76. The lowest BCUT2D eigenvalue weighted by molar-refractivity contribution is 0.205. The van der Waals surface area contributed by atoms with Crippen molar-refractivity contribution in [2.45, 2.75) is 32.6 Å². The van der Waals surface area contributed by atoms with Crippen molar-refractivity contribution >= 4 is 18.4 Å². The first-order valence-electron chi connectivity index (χ1n) is 9.76.